The van der Waals surface area contributed by atoms with Crippen LogP contribution in [0.4, 0.5) is 17.6 Å². The summed E-state index contributed by atoms with van der Waals surface area (Å²) in [6.07, 6.45) is 6.83. The summed E-state index contributed by atoms with van der Waals surface area (Å²) in [6, 6.07) is 0. The van der Waals surface area contributed by atoms with Crippen molar-refractivity contribution in [2.24, 2.45) is 0 Å². The van der Waals surface area contributed by atoms with Crippen LogP contribution in [0.3, 0.4) is 0 Å². The first-order valence-corrected chi connectivity index (χ1v) is 24.5. The van der Waals surface area contributed by atoms with E-state index in [-0.39, 0.29) is 0 Å². The molecule has 0 saturated carbocycles. The van der Waals surface area contributed by atoms with E-state index in [4.69, 9.17) is 6.15 Å². The quantitative estimate of drug-likeness (QED) is 0.0791. The second-order valence-electron chi connectivity index (χ2n) is 8.63. The van der Waals surface area contributed by atoms with E-state index in [1.54, 1.807) is 0 Å². The summed E-state index contributed by atoms with van der Waals surface area (Å²) < 4.78 is 71.6. The van der Waals surface area contributed by atoms with Gasteiger partial charge in [-0.15, -0.1) is 0 Å². The van der Waals surface area contributed by atoms with Crippen LogP contribution in [0, 0.1) is 23.3 Å². The fourth-order valence-electron chi connectivity index (χ4n) is 3.69. The number of hydrogen-bond acceptors (Lipinski definition) is 4. The standard InChI is InChI=1S/C8H2F4O4.4C4H9.2Sn.2H/c9-3-1(7(13)14)2(8(15)16)4(10)6(12)5(3)11;4*1-3-4-2;;;;/h(H,13,14)(H,15,16);4*1,3-4H2,2H3;;;;/q;;;;;2*+1;;/p-2. The van der Waals surface area contributed by atoms with Crippen LogP contribution in [-0.4, -0.2) is 52.3 Å². The minimum atomic E-state index is -2.97. The van der Waals surface area contributed by atoms with Crippen LogP contribution < -0.4 is 0 Å². The average molecular weight is 704 g/mol. The summed E-state index contributed by atoms with van der Waals surface area (Å²) in [5.74, 6) is -10.6. The van der Waals surface area contributed by atoms with Gasteiger partial charge in [0.25, 0.3) is 0 Å². The Balaban J connectivity index is 3.35. The summed E-state index contributed by atoms with van der Waals surface area (Å²) in [7, 11) is 0. The van der Waals surface area contributed by atoms with Crippen LogP contribution >= 0.6 is 0 Å². The summed E-state index contributed by atoms with van der Waals surface area (Å²) in [4.78, 5) is 25.8. The first-order chi connectivity index (χ1) is 16.2. The molecule has 0 aliphatic carbocycles. The van der Waals surface area contributed by atoms with E-state index in [0.29, 0.717) is 17.7 Å². The monoisotopic (exact) mass is 706 g/mol. The van der Waals surface area contributed by atoms with E-state index in [1.165, 1.54) is 0 Å². The van der Waals surface area contributed by atoms with Gasteiger partial charge in [-0.25, -0.2) is 0 Å². The maximum absolute atomic E-state index is 14.8. The van der Waals surface area contributed by atoms with Gasteiger partial charge >= 0.3 is 217 Å². The molecule has 0 bridgehead atoms. The molecule has 10 heteroatoms. The molecular formula is C24H38F4O4Sn2. The van der Waals surface area contributed by atoms with Crippen LogP contribution in [0.5, 0.6) is 0 Å². The van der Waals surface area contributed by atoms with Gasteiger partial charge in [0.15, 0.2) is 0 Å². The topological polar surface area (TPSA) is 52.6 Å². The van der Waals surface area contributed by atoms with Gasteiger partial charge in [-0.1, -0.05) is 0 Å². The molecule has 1 aromatic rings. The molecule has 0 unspecified atom stereocenters. The molecule has 0 atom stereocenters. The molecule has 4 nitrogen and oxygen atoms in total. The van der Waals surface area contributed by atoms with E-state index in [0.717, 1.165) is 51.4 Å². The Morgan fingerprint density at radius 1 is 0.559 bits per heavy atom. The van der Waals surface area contributed by atoms with Crippen LogP contribution in [-0.2, 0) is 6.15 Å². The van der Waals surface area contributed by atoms with Crippen LogP contribution in [0.25, 0.3) is 0 Å². The predicted octanol–water partition coefficient (Wildman–Crippen LogP) is 7.20. The predicted molar refractivity (Wildman–Crippen MR) is 130 cm³/mol. The van der Waals surface area contributed by atoms with Gasteiger partial charge in [-0.2, -0.15) is 0 Å². The SMILES string of the molecule is CCC[CH2][SnH]([CH2]CCC)[O]C(=O)c1c(F)c(F)c(F)c(F)c1C(=O)[O][SnH]([CH2]CCC)[CH2]CCC. The maximum atomic E-state index is 14.8. The second-order valence-corrected chi connectivity index (χ2v) is 23.7. The third-order valence-corrected chi connectivity index (χ3v) is 20.9. The van der Waals surface area contributed by atoms with Crippen LogP contribution in [0.1, 0.15) is 99.8 Å². The van der Waals surface area contributed by atoms with Crippen molar-refractivity contribution in [1.29, 1.82) is 0 Å². The molecule has 0 spiro atoms. The van der Waals surface area contributed by atoms with Crippen molar-refractivity contribution >= 4 is 52.3 Å². The average Bonchev–Trinajstić information content (AvgIpc) is 2.82. The van der Waals surface area contributed by atoms with Crippen molar-refractivity contribution in [2.75, 3.05) is 0 Å². The van der Waals surface area contributed by atoms with Gasteiger partial charge in [-0.05, 0) is 0 Å². The molecule has 0 aromatic heterocycles. The van der Waals surface area contributed by atoms with Gasteiger partial charge < -0.3 is 0 Å². The Morgan fingerprint density at radius 2 is 0.824 bits per heavy atom. The third-order valence-electron chi connectivity index (χ3n) is 5.74. The van der Waals surface area contributed by atoms with E-state index in [1.807, 2.05) is 27.7 Å². The van der Waals surface area contributed by atoms with Gasteiger partial charge in [0.1, 0.15) is 0 Å². The Labute approximate surface area is 215 Å². The molecule has 0 saturated heterocycles. The normalized spacial score (nSPS) is 11.4. The molecule has 0 aliphatic heterocycles. The molecule has 0 amide bonds. The molecule has 0 N–H and O–H groups in total. The first-order valence-electron chi connectivity index (χ1n) is 12.5. The zero-order valence-corrected chi connectivity index (χ0v) is 27.4. The molecular weight excluding hydrogens is 666 g/mol. The first kappa shape index (κ1) is 31.5. The fraction of sp³-hybridized carbons (Fsp3) is 0.667. The summed E-state index contributed by atoms with van der Waals surface area (Å²) in [5, 5.41) is 0. The van der Waals surface area contributed by atoms with Crippen molar-refractivity contribution in [3.8, 4) is 0 Å². The number of rotatable bonds is 16. The van der Waals surface area contributed by atoms with Crippen LogP contribution in [0.2, 0.25) is 17.7 Å². The van der Waals surface area contributed by atoms with E-state index in [2.05, 4.69) is 0 Å². The number of unbranched alkanes of at least 4 members (excludes halogenated alkanes) is 4. The van der Waals surface area contributed by atoms with Crippen molar-refractivity contribution in [2.45, 2.75) is 96.8 Å². The summed E-state index contributed by atoms with van der Waals surface area (Å²) in [5.41, 5.74) is -2.35. The van der Waals surface area contributed by atoms with Crippen LogP contribution in [0.15, 0.2) is 0 Å². The molecule has 1 aromatic carbocycles. The van der Waals surface area contributed by atoms with Crippen molar-refractivity contribution in [3.05, 3.63) is 34.4 Å². The second kappa shape index (κ2) is 17.0. The van der Waals surface area contributed by atoms with Crippen molar-refractivity contribution < 1.29 is 33.3 Å². The summed E-state index contributed by atoms with van der Waals surface area (Å²) in [6.45, 7) is 7.95. The molecule has 34 heavy (non-hydrogen) atoms. The number of benzene rings is 1. The Hall–Kier alpha value is -0.523. The third kappa shape index (κ3) is 9.50. The van der Waals surface area contributed by atoms with E-state index >= 15 is 0 Å². The molecule has 0 aliphatic rings. The molecule has 1 rings (SSSR count). The van der Waals surface area contributed by atoms with Crippen molar-refractivity contribution in [1.82, 2.24) is 0 Å². The Bertz CT molecular complexity index is 727. The minimum absolute atomic E-state index is 0.698. The molecule has 0 radical (unpaired) electrons. The molecule has 0 fully saturated rings. The number of halogens is 4. The van der Waals surface area contributed by atoms with E-state index < -0.39 is 86.7 Å². The van der Waals surface area contributed by atoms with E-state index in [9.17, 15) is 27.2 Å². The van der Waals surface area contributed by atoms with Gasteiger partial charge in [0.05, 0.1) is 0 Å². The molecule has 0 heterocycles. The fourth-order valence-corrected chi connectivity index (χ4v) is 18.9. The van der Waals surface area contributed by atoms with Gasteiger partial charge in [0.2, 0.25) is 0 Å². The van der Waals surface area contributed by atoms with Gasteiger partial charge in [-0.3, -0.25) is 0 Å². The number of carbonyl (C=O) groups is 2. The number of carbonyl (C=O) groups excluding carboxylic acids is 2. The summed E-state index contributed by atoms with van der Waals surface area (Å²) >= 11 is -5.93. The molecule has 194 valence electrons. The van der Waals surface area contributed by atoms with Gasteiger partial charge in [0, 0.05) is 0 Å². The Kier molecular flexibility index (Phi) is 15.8. The zero-order chi connectivity index (χ0) is 25.7. The zero-order valence-electron chi connectivity index (χ0n) is 20.8. The van der Waals surface area contributed by atoms with Crippen molar-refractivity contribution in [3.63, 3.8) is 0 Å². The Morgan fingerprint density at radius 3 is 1.06 bits per heavy atom. The number of hydrogen-bond donors (Lipinski definition) is 0.